The number of aromatic amines is 1. The summed E-state index contributed by atoms with van der Waals surface area (Å²) in [5.41, 5.74) is 8.27. The predicted octanol–water partition coefficient (Wildman–Crippen LogP) is 4.81. The zero-order chi connectivity index (χ0) is 22.2. The van der Waals surface area contributed by atoms with Gasteiger partial charge in [0, 0.05) is 18.8 Å². The van der Waals surface area contributed by atoms with E-state index in [0.717, 1.165) is 28.1 Å². The first-order valence-corrected chi connectivity index (χ1v) is 10.3. The van der Waals surface area contributed by atoms with Gasteiger partial charge in [0.15, 0.2) is 10.7 Å². The van der Waals surface area contributed by atoms with Crippen molar-refractivity contribution in [2.75, 3.05) is 11.9 Å². The summed E-state index contributed by atoms with van der Waals surface area (Å²) >= 11 is 1.42. The first-order valence-electron chi connectivity index (χ1n) is 9.46. The van der Waals surface area contributed by atoms with Crippen molar-refractivity contribution in [3.05, 3.63) is 70.3 Å². The number of hydrogen-bond acceptors (Lipinski definition) is 6. The molecule has 0 saturated carbocycles. The number of oxazole rings is 1. The lowest BCUT2D eigenvalue weighted by Crippen LogP contribution is -2.34. The molecule has 0 spiro atoms. The molecule has 0 unspecified atom stereocenters. The minimum atomic E-state index is -4.36. The molecule has 0 radical (unpaired) electrons. The van der Waals surface area contributed by atoms with Crippen LogP contribution in [0.4, 0.5) is 18.3 Å². The van der Waals surface area contributed by atoms with Crippen molar-refractivity contribution in [3.8, 4) is 10.4 Å². The molecule has 31 heavy (non-hydrogen) atoms. The number of benzene rings is 2. The Hall–Kier alpha value is -3.11. The molecule has 0 bridgehead atoms. The molecule has 10 heteroatoms. The Morgan fingerprint density at radius 3 is 2.68 bits per heavy atom. The standard InChI is InChI=1S/C21H19F3N4O2S/c1-11(12-2-5-14(6-3-12)21(22,23)24)15(25)9-26-19-27-10-18(31-19)13-4-7-16-17(8-13)30-20(29)28-16/h2-8,10-11,15H,9,25H2,1H3,(H,26,27)(H,28,29)/t11-,15-/m0/s1. The summed E-state index contributed by atoms with van der Waals surface area (Å²) in [7, 11) is 0. The molecule has 0 fully saturated rings. The van der Waals surface area contributed by atoms with Crippen LogP contribution in [0.2, 0.25) is 0 Å². The fraction of sp³-hybridized carbons (Fsp3) is 0.238. The molecule has 2 aromatic carbocycles. The minimum Gasteiger partial charge on any atom is -0.408 e. The minimum absolute atomic E-state index is 0.145. The number of rotatable bonds is 6. The maximum atomic E-state index is 12.7. The molecule has 0 aliphatic heterocycles. The lowest BCUT2D eigenvalue weighted by atomic mass is 9.93. The summed E-state index contributed by atoms with van der Waals surface area (Å²) in [6.07, 6.45) is -2.64. The number of nitrogens with two attached hydrogens (primary N) is 1. The van der Waals surface area contributed by atoms with Crippen LogP contribution in [0.1, 0.15) is 24.0 Å². The Morgan fingerprint density at radius 1 is 1.23 bits per heavy atom. The number of H-pyrrole nitrogens is 1. The third-order valence-corrected chi connectivity index (χ3v) is 6.11. The molecule has 4 rings (SSSR count). The molecule has 0 saturated heterocycles. The number of hydrogen-bond donors (Lipinski definition) is 3. The summed E-state index contributed by atoms with van der Waals surface area (Å²) in [5, 5.41) is 3.85. The van der Waals surface area contributed by atoms with Gasteiger partial charge in [-0.3, -0.25) is 4.98 Å². The van der Waals surface area contributed by atoms with Crippen molar-refractivity contribution >= 4 is 27.6 Å². The summed E-state index contributed by atoms with van der Waals surface area (Å²) in [4.78, 5) is 19.1. The van der Waals surface area contributed by atoms with Crippen LogP contribution in [0.25, 0.3) is 21.5 Å². The number of halogens is 3. The number of aromatic nitrogens is 2. The second-order valence-electron chi connectivity index (χ2n) is 7.21. The lowest BCUT2D eigenvalue weighted by molar-refractivity contribution is -0.137. The Morgan fingerprint density at radius 2 is 1.97 bits per heavy atom. The first kappa shape index (κ1) is 21.1. The van der Waals surface area contributed by atoms with Gasteiger partial charge in [-0.1, -0.05) is 36.5 Å². The second kappa shape index (κ2) is 8.20. The maximum absolute atomic E-state index is 12.7. The van der Waals surface area contributed by atoms with Crippen LogP contribution in [0.3, 0.4) is 0 Å². The Labute approximate surface area is 178 Å². The molecule has 2 aromatic heterocycles. The summed E-state index contributed by atoms with van der Waals surface area (Å²) in [6.45, 7) is 2.28. The molecule has 4 aromatic rings. The van der Waals surface area contributed by atoms with Gasteiger partial charge in [-0.15, -0.1) is 0 Å². The van der Waals surface area contributed by atoms with Crippen LogP contribution < -0.4 is 16.8 Å². The van der Waals surface area contributed by atoms with E-state index in [2.05, 4.69) is 15.3 Å². The fourth-order valence-electron chi connectivity index (χ4n) is 3.19. The molecule has 2 heterocycles. The molecule has 0 aliphatic rings. The highest BCUT2D eigenvalue weighted by Crippen LogP contribution is 2.32. The van der Waals surface area contributed by atoms with Crippen LogP contribution in [-0.2, 0) is 6.18 Å². The van der Waals surface area contributed by atoms with Crippen LogP contribution in [0, 0.1) is 0 Å². The van der Waals surface area contributed by atoms with Crippen LogP contribution in [0.5, 0.6) is 0 Å². The van der Waals surface area contributed by atoms with Gasteiger partial charge in [-0.25, -0.2) is 9.78 Å². The van der Waals surface area contributed by atoms with Gasteiger partial charge in [0.1, 0.15) is 0 Å². The van der Waals surface area contributed by atoms with E-state index < -0.39 is 17.5 Å². The molecular formula is C21H19F3N4O2S. The smallest absolute Gasteiger partial charge is 0.408 e. The SMILES string of the molecule is C[C@@H](c1ccc(C(F)(F)F)cc1)[C@@H](N)CNc1ncc(-c2ccc3[nH]c(=O)oc3c2)s1. The molecule has 2 atom stereocenters. The van der Waals surface area contributed by atoms with E-state index in [9.17, 15) is 18.0 Å². The van der Waals surface area contributed by atoms with Gasteiger partial charge in [0.2, 0.25) is 0 Å². The van der Waals surface area contributed by atoms with Crippen LogP contribution in [0.15, 0.2) is 57.9 Å². The zero-order valence-electron chi connectivity index (χ0n) is 16.4. The fourth-order valence-corrected chi connectivity index (χ4v) is 4.01. The largest absolute Gasteiger partial charge is 0.417 e. The highest BCUT2D eigenvalue weighted by atomic mass is 32.1. The molecule has 0 aliphatic carbocycles. The van der Waals surface area contributed by atoms with Gasteiger partial charge in [-0.2, -0.15) is 13.2 Å². The third-order valence-electron chi connectivity index (χ3n) is 5.11. The van der Waals surface area contributed by atoms with Crippen LogP contribution in [-0.4, -0.2) is 22.6 Å². The normalized spacial score (nSPS) is 14.0. The quantitative estimate of drug-likeness (QED) is 0.394. The van der Waals surface area contributed by atoms with E-state index in [-0.39, 0.29) is 12.0 Å². The molecule has 0 amide bonds. The van der Waals surface area contributed by atoms with Crippen molar-refractivity contribution in [1.82, 2.24) is 9.97 Å². The maximum Gasteiger partial charge on any atom is 0.417 e. The van der Waals surface area contributed by atoms with Gasteiger partial charge in [0.05, 0.1) is 16.0 Å². The summed E-state index contributed by atoms with van der Waals surface area (Å²) in [5.74, 6) is -0.650. The number of nitrogens with one attached hydrogen (secondary N) is 2. The van der Waals surface area contributed by atoms with Gasteiger partial charge >= 0.3 is 11.9 Å². The summed E-state index contributed by atoms with van der Waals surface area (Å²) in [6, 6.07) is 10.1. The monoisotopic (exact) mass is 448 g/mol. The first-order chi connectivity index (χ1) is 14.7. The number of alkyl halides is 3. The molecular weight excluding hydrogens is 429 g/mol. The molecule has 6 nitrogen and oxygen atoms in total. The Kier molecular flexibility index (Phi) is 5.59. The van der Waals surface area contributed by atoms with E-state index in [1.807, 2.05) is 13.0 Å². The molecule has 162 valence electrons. The Balaban J connectivity index is 1.39. The van der Waals surface area contributed by atoms with E-state index in [0.29, 0.717) is 22.8 Å². The number of thiazole rings is 1. The lowest BCUT2D eigenvalue weighted by Gasteiger charge is -2.21. The topological polar surface area (TPSA) is 96.9 Å². The van der Waals surface area contributed by atoms with Gasteiger partial charge < -0.3 is 15.5 Å². The van der Waals surface area contributed by atoms with Crippen LogP contribution >= 0.6 is 11.3 Å². The van der Waals surface area contributed by atoms with Gasteiger partial charge in [0.25, 0.3) is 0 Å². The van der Waals surface area contributed by atoms with E-state index in [1.54, 1.807) is 18.3 Å². The number of nitrogens with zero attached hydrogens (tertiary/aromatic N) is 1. The second-order valence-corrected chi connectivity index (χ2v) is 8.24. The molecule has 4 N–H and O–H groups in total. The highest BCUT2D eigenvalue weighted by molar-refractivity contribution is 7.18. The van der Waals surface area contributed by atoms with Crippen molar-refractivity contribution in [3.63, 3.8) is 0 Å². The van der Waals surface area contributed by atoms with E-state index in [4.69, 9.17) is 10.2 Å². The highest BCUT2D eigenvalue weighted by Gasteiger charge is 2.30. The van der Waals surface area contributed by atoms with Crippen molar-refractivity contribution in [1.29, 1.82) is 0 Å². The average Bonchev–Trinajstić information content (AvgIpc) is 3.35. The third kappa shape index (κ3) is 4.64. The summed E-state index contributed by atoms with van der Waals surface area (Å²) < 4.78 is 43.3. The van der Waals surface area contributed by atoms with Crippen molar-refractivity contribution in [2.45, 2.75) is 25.1 Å². The number of anilines is 1. The zero-order valence-corrected chi connectivity index (χ0v) is 17.2. The van der Waals surface area contributed by atoms with E-state index >= 15 is 0 Å². The van der Waals surface area contributed by atoms with Crippen molar-refractivity contribution < 1.29 is 17.6 Å². The predicted molar refractivity (Wildman–Crippen MR) is 114 cm³/mol. The number of fused-ring (bicyclic) bond motifs is 1. The van der Waals surface area contributed by atoms with Gasteiger partial charge in [-0.05, 0) is 41.3 Å². The average molecular weight is 448 g/mol. The van der Waals surface area contributed by atoms with E-state index in [1.165, 1.54) is 23.5 Å². The Bertz CT molecular complexity index is 1240. The van der Waals surface area contributed by atoms with Crippen molar-refractivity contribution in [2.24, 2.45) is 5.73 Å².